The molecular formula is C18H19FN2O2. The molecule has 2 aromatic rings. The maximum absolute atomic E-state index is 13.6. The van der Waals surface area contributed by atoms with E-state index in [0.717, 1.165) is 31.2 Å². The molecular weight excluding hydrogens is 295 g/mol. The summed E-state index contributed by atoms with van der Waals surface area (Å²) >= 11 is 0. The van der Waals surface area contributed by atoms with Gasteiger partial charge in [-0.1, -0.05) is 6.07 Å². The number of nitrogens with zero attached hydrogens (tertiary/aromatic N) is 1. The monoisotopic (exact) mass is 314 g/mol. The molecule has 4 nitrogen and oxygen atoms in total. The van der Waals surface area contributed by atoms with Crippen LogP contribution in [0.4, 0.5) is 4.39 Å². The van der Waals surface area contributed by atoms with Gasteiger partial charge in [-0.25, -0.2) is 4.39 Å². The molecule has 5 heteroatoms. The van der Waals surface area contributed by atoms with Crippen LogP contribution in [0.2, 0.25) is 0 Å². The van der Waals surface area contributed by atoms with Crippen LogP contribution in [0.25, 0.3) is 0 Å². The first-order chi connectivity index (χ1) is 11.2. The van der Waals surface area contributed by atoms with E-state index < -0.39 is 11.7 Å². The van der Waals surface area contributed by atoms with E-state index >= 15 is 0 Å². The van der Waals surface area contributed by atoms with E-state index in [-0.39, 0.29) is 11.5 Å². The van der Waals surface area contributed by atoms with Gasteiger partial charge in [0.15, 0.2) is 5.82 Å². The van der Waals surface area contributed by atoms with Gasteiger partial charge < -0.3 is 10.1 Å². The molecule has 0 saturated carbocycles. The number of methoxy groups -OCH3 is 1. The molecule has 1 heterocycles. The van der Waals surface area contributed by atoms with Gasteiger partial charge in [0, 0.05) is 18.7 Å². The highest BCUT2D eigenvalue weighted by atomic mass is 19.1. The third-order valence-corrected chi connectivity index (χ3v) is 4.31. The smallest absolute Gasteiger partial charge is 0.254 e. The van der Waals surface area contributed by atoms with Crippen LogP contribution in [0.5, 0.6) is 5.75 Å². The number of carbonyl (C=O) groups is 1. The molecule has 120 valence electrons. The standard InChI is InChI=1S/C18H19FN2O2/c1-23-14-5-6-15-12(9-14)3-2-4-13(15)10-21-18(22)16-7-8-20-11-17(16)19/h5-9,11,13H,2-4,10H2,1H3,(H,21,22)/t13-/m1/s1. The molecule has 3 rings (SSSR count). The van der Waals surface area contributed by atoms with E-state index in [2.05, 4.69) is 22.4 Å². The number of rotatable bonds is 4. The van der Waals surface area contributed by atoms with Crippen molar-refractivity contribution in [3.05, 3.63) is 59.2 Å². The summed E-state index contributed by atoms with van der Waals surface area (Å²) in [6.07, 6.45) is 5.58. The van der Waals surface area contributed by atoms with Gasteiger partial charge in [0.25, 0.3) is 5.91 Å². The molecule has 1 aliphatic rings. The molecule has 1 aliphatic carbocycles. The van der Waals surface area contributed by atoms with Crippen LogP contribution in [-0.2, 0) is 6.42 Å². The zero-order chi connectivity index (χ0) is 16.2. The number of aryl methyl sites for hydroxylation is 1. The zero-order valence-electron chi connectivity index (χ0n) is 13.0. The number of pyridine rings is 1. The largest absolute Gasteiger partial charge is 0.497 e. The molecule has 0 fully saturated rings. The molecule has 0 spiro atoms. The van der Waals surface area contributed by atoms with Crippen molar-refractivity contribution in [2.45, 2.75) is 25.2 Å². The molecule has 0 aliphatic heterocycles. The van der Waals surface area contributed by atoms with Crippen molar-refractivity contribution in [2.75, 3.05) is 13.7 Å². The number of carbonyl (C=O) groups excluding carboxylic acids is 1. The minimum atomic E-state index is -0.598. The average molecular weight is 314 g/mol. The van der Waals surface area contributed by atoms with E-state index in [1.807, 2.05) is 6.07 Å². The number of fused-ring (bicyclic) bond motifs is 1. The van der Waals surface area contributed by atoms with Gasteiger partial charge in [-0.15, -0.1) is 0 Å². The first kappa shape index (κ1) is 15.5. The van der Waals surface area contributed by atoms with Crippen molar-refractivity contribution in [3.63, 3.8) is 0 Å². The molecule has 1 amide bonds. The number of aromatic nitrogens is 1. The summed E-state index contributed by atoms with van der Waals surface area (Å²) in [5.41, 5.74) is 2.54. The summed E-state index contributed by atoms with van der Waals surface area (Å²) < 4.78 is 18.9. The number of halogens is 1. The number of hydrogen-bond acceptors (Lipinski definition) is 3. The lowest BCUT2D eigenvalue weighted by Crippen LogP contribution is -2.30. The van der Waals surface area contributed by atoms with Gasteiger partial charge in [0.2, 0.25) is 0 Å². The summed E-state index contributed by atoms with van der Waals surface area (Å²) in [5.74, 6) is 0.107. The zero-order valence-corrected chi connectivity index (χ0v) is 13.0. The topological polar surface area (TPSA) is 51.2 Å². The summed E-state index contributed by atoms with van der Waals surface area (Å²) in [6, 6.07) is 7.47. The fourth-order valence-corrected chi connectivity index (χ4v) is 3.10. The summed E-state index contributed by atoms with van der Waals surface area (Å²) in [6.45, 7) is 0.500. The Hall–Kier alpha value is -2.43. The summed E-state index contributed by atoms with van der Waals surface area (Å²) in [7, 11) is 1.66. The maximum atomic E-state index is 13.6. The second kappa shape index (κ2) is 6.77. The van der Waals surface area contributed by atoms with Crippen molar-refractivity contribution in [1.29, 1.82) is 0 Å². The number of amides is 1. The quantitative estimate of drug-likeness (QED) is 0.943. The van der Waals surface area contributed by atoms with E-state index in [0.29, 0.717) is 6.54 Å². The molecule has 1 aromatic heterocycles. The average Bonchev–Trinajstić information content (AvgIpc) is 2.59. The van der Waals surface area contributed by atoms with E-state index in [9.17, 15) is 9.18 Å². The predicted molar refractivity (Wildman–Crippen MR) is 85.2 cm³/mol. The number of nitrogens with one attached hydrogen (secondary N) is 1. The van der Waals surface area contributed by atoms with Crippen LogP contribution < -0.4 is 10.1 Å². The van der Waals surface area contributed by atoms with Gasteiger partial charge in [0.05, 0.1) is 18.9 Å². The third-order valence-electron chi connectivity index (χ3n) is 4.31. The molecule has 0 radical (unpaired) electrons. The van der Waals surface area contributed by atoms with E-state index in [1.165, 1.54) is 23.4 Å². The molecule has 1 aromatic carbocycles. The van der Waals surface area contributed by atoms with Crippen molar-refractivity contribution in [3.8, 4) is 5.75 Å². The number of hydrogen-bond donors (Lipinski definition) is 1. The highest BCUT2D eigenvalue weighted by molar-refractivity contribution is 5.94. The first-order valence-electron chi connectivity index (χ1n) is 7.73. The minimum Gasteiger partial charge on any atom is -0.497 e. The van der Waals surface area contributed by atoms with Crippen LogP contribution in [0.3, 0.4) is 0 Å². The fourth-order valence-electron chi connectivity index (χ4n) is 3.10. The molecule has 0 bridgehead atoms. The molecule has 1 N–H and O–H groups in total. The van der Waals surface area contributed by atoms with Crippen LogP contribution in [-0.4, -0.2) is 24.5 Å². The van der Waals surface area contributed by atoms with Crippen molar-refractivity contribution in [1.82, 2.24) is 10.3 Å². The lowest BCUT2D eigenvalue weighted by molar-refractivity contribution is 0.0946. The Kier molecular flexibility index (Phi) is 4.55. The van der Waals surface area contributed by atoms with Gasteiger partial charge in [-0.2, -0.15) is 0 Å². The van der Waals surface area contributed by atoms with Gasteiger partial charge in [0.1, 0.15) is 5.75 Å². The van der Waals surface area contributed by atoms with E-state index in [4.69, 9.17) is 4.74 Å². The van der Waals surface area contributed by atoms with Crippen LogP contribution in [0.15, 0.2) is 36.7 Å². The van der Waals surface area contributed by atoms with Crippen LogP contribution in [0.1, 0.15) is 40.2 Å². The molecule has 0 saturated heterocycles. The molecule has 23 heavy (non-hydrogen) atoms. The molecule has 0 unspecified atom stereocenters. The number of ether oxygens (including phenoxy) is 1. The maximum Gasteiger partial charge on any atom is 0.254 e. The van der Waals surface area contributed by atoms with Gasteiger partial charge in [-0.05, 0) is 48.6 Å². The van der Waals surface area contributed by atoms with Crippen molar-refractivity contribution in [2.24, 2.45) is 0 Å². The summed E-state index contributed by atoms with van der Waals surface area (Å²) in [5, 5.41) is 2.84. The highest BCUT2D eigenvalue weighted by Crippen LogP contribution is 2.33. The molecule has 1 atom stereocenters. The highest BCUT2D eigenvalue weighted by Gasteiger charge is 2.22. The normalized spacial score (nSPS) is 16.5. The Morgan fingerprint density at radius 1 is 1.43 bits per heavy atom. The minimum absolute atomic E-state index is 0.0331. The second-order valence-corrected chi connectivity index (χ2v) is 5.72. The second-order valence-electron chi connectivity index (χ2n) is 5.72. The SMILES string of the molecule is COc1ccc2c(c1)CCC[C@@H]2CNC(=O)c1ccncc1F. The Balaban J connectivity index is 1.70. The lowest BCUT2D eigenvalue weighted by Gasteiger charge is -2.26. The fraction of sp³-hybridized carbons (Fsp3) is 0.333. The Morgan fingerprint density at radius 2 is 2.30 bits per heavy atom. The third kappa shape index (κ3) is 3.33. The Bertz CT molecular complexity index is 718. The predicted octanol–water partition coefficient (Wildman–Crippen LogP) is 3.08. The van der Waals surface area contributed by atoms with Gasteiger partial charge >= 0.3 is 0 Å². The summed E-state index contributed by atoms with van der Waals surface area (Å²) in [4.78, 5) is 15.8. The lowest BCUT2D eigenvalue weighted by atomic mass is 9.82. The Labute approximate surface area is 134 Å². The Morgan fingerprint density at radius 3 is 3.09 bits per heavy atom. The first-order valence-corrected chi connectivity index (χ1v) is 7.73. The number of benzene rings is 1. The van der Waals surface area contributed by atoms with Crippen molar-refractivity contribution < 1.29 is 13.9 Å². The van der Waals surface area contributed by atoms with Crippen molar-refractivity contribution >= 4 is 5.91 Å². The van der Waals surface area contributed by atoms with Gasteiger partial charge in [-0.3, -0.25) is 9.78 Å². The van der Waals surface area contributed by atoms with Crippen LogP contribution in [0, 0.1) is 5.82 Å². The van der Waals surface area contributed by atoms with E-state index in [1.54, 1.807) is 7.11 Å². The van der Waals surface area contributed by atoms with Crippen LogP contribution >= 0.6 is 0 Å².